The predicted octanol–water partition coefficient (Wildman–Crippen LogP) is 4.64. The average Bonchev–Trinajstić information content (AvgIpc) is 3.16. The number of carbonyl (C=O) groups excluding carboxylic acids is 1. The number of hydrogen-bond acceptors (Lipinski definition) is 3. The van der Waals surface area contributed by atoms with Crippen LogP contribution in [0.4, 0.5) is 0 Å². The lowest BCUT2D eigenvalue weighted by Gasteiger charge is -2.35. The first-order valence-electron chi connectivity index (χ1n) is 10.9. The summed E-state index contributed by atoms with van der Waals surface area (Å²) in [5.41, 5.74) is 1.36. The molecule has 1 aliphatic carbocycles. The Morgan fingerprint density at radius 1 is 1.10 bits per heavy atom. The summed E-state index contributed by atoms with van der Waals surface area (Å²) in [5.74, 6) is 1.39. The Labute approximate surface area is 189 Å². The number of halogens is 2. The third-order valence-electron chi connectivity index (χ3n) is 6.70. The molecule has 3 rings (SSSR count). The summed E-state index contributed by atoms with van der Waals surface area (Å²) in [6.07, 6.45) is 7.85. The molecule has 4 nitrogen and oxygen atoms in total. The Morgan fingerprint density at radius 3 is 2.34 bits per heavy atom. The van der Waals surface area contributed by atoms with E-state index in [0.29, 0.717) is 24.3 Å². The van der Waals surface area contributed by atoms with E-state index in [1.165, 1.54) is 31.2 Å². The Morgan fingerprint density at radius 2 is 1.72 bits per heavy atom. The summed E-state index contributed by atoms with van der Waals surface area (Å²) in [6.45, 7) is 7.43. The van der Waals surface area contributed by atoms with Gasteiger partial charge >= 0.3 is 0 Å². The van der Waals surface area contributed by atoms with Crippen LogP contribution in [0.1, 0.15) is 70.4 Å². The maximum Gasteiger partial charge on any atom is 0.220 e. The van der Waals surface area contributed by atoms with Crippen LogP contribution in [0.15, 0.2) is 30.3 Å². The summed E-state index contributed by atoms with van der Waals surface area (Å²) in [4.78, 5) is 12.6. The van der Waals surface area contributed by atoms with E-state index in [2.05, 4.69) is 60.1 Å². The van der Waals surface area contributed by atoms with Gasteiger partial charge in [-0.1, -0.05) is 50.1 Å². The van der Waals surface area contributed by atoms with E-state index in [0.717, 1.165) is 32.5 Å². The number of rotatable bonds is 8. The number of nitrogens with one attached hydrogen (secondary N) is 3. The fourth-order valence-corrected chi connectivity index (χ4v) is 4.92. The van der Waals surface area contributed by atoms with Crippen LogP contribution in [-0.4, -0.2) is 31.1 Å². The first kappa shape index (κ1) is 26.2. The van der Waals surface area contributed by atoms with Crippen molar-refractivity contribution in [2.75, 3.05) is 19.6 Å². The van der Waals surface area contributed by atoms with Gasteiger partial charge in [0.25, 0.3) is 0 Å². The standard InChI is InChI=1S/C23H37N3O.2ClH/c1-18(20-10-14-24-15-11-20)16-22(27)25-17-23(12-6-7-13-23)26-19(2)21-8-4-3-5-9-21;;/h3-5,8-9,18-20,24,26H,6-7,10-17H2,1-2H3,(H,25,27);2*1H. The van der Waals surface area contributed by atoms with Crippen LogP contribution in [0.25, 0.3) is 0 Å². The zero-order valence-corrected chi connectivity index (χ0v) is 19.5. The van der Waals surface area contributed by atoms with Crippen molar-refractivity contribution in [2.24, 2.45) is 11.8 Å². The lowest BCUT2D eigenvalue weighted by Crippen LogP contribution is -2.52. The molecular formula is C23H39Cl2N3O. The van der Waals surface area contributed by atoms with Crippen LogP contribution in [0.2, 0.25) is 0 Å². The van der Waals surface area contributed by atoms with Gasteiger partial charge in [-0.15, -0.1) is 24.8 Å². The number of amides is 1. The zero-order chi connectivity index (χ0) is 19.1. The Balaban J connectivity index is 0.00000210. The Bertz CT molecular complexity index is 587. The van der Waals surface area contributed by atoms with Gasteiger partial charge in [-0.25, -0.2) is 0 Å². The molecule has 2 atom stereocenters. The number of hydrogen-bond donors (Lipinski definition) is 3. The fourth-order valence-electron chi connectivity index (χ4n) is 4.92. The van der Waals surface area contributed by atoms with Crippen LogP contribution in [0.3, 0.4) is 0 Å². The predicted molar refractivity (Wildman–Crippen MR) is 126 cm³/mol. The number of carbonyl (C=O) groups is 1. The SMILES string of the molecule is CC(NC1(CNC(=O)CC(C)C2CCNCC2)CCCC1)c1ccccc1.Cl.Cl. The molecule has 3 N–H and O–H groups in total. The topological polar surface area (TPSA) is 53.2 Å². The smallest absolute Gasteiger partial charge is 0.220 e. The minimum Gasteiger partial charge on any atom is -0.354 e. The maximum atomic E-state index is 12.6. The van der Waals surface area contributed by atoms with Crippen molar-refractivity contribution < 1.29 is 4.79 Å². The molecule has 6 heteroatoms. The zero-order valence-electron chi connectivity index (χ0n) is 17.9. The second-order valence-corrected chi connectivity index (χ2v) is 8.81. The Hall–Kier alpha value is -0.810. The van der Waals surface area contributed by atoms with Gasteiger partial charge in [0, 0.05) is 24.5 Å². The molecule has 29 heavy (non-hydrogen) atoms. The second kappa shape index (κ2) is 12.8. The van der Waals surface area contributed by atoms with Crippen molar-refractivity contribution in [1.82, 2.24) is 16.0 Å². The molecule has 1 aromatic carbocycles. The molecule has 0 bridgehead atoms. The van der Waals surface area contributed by atoms with Crippen molar-refractivity contribution in [3.8, 4) is 0 Å². The minimum absolute atomic E-state index is 0. The molecule has 0 radical (unpaired) electrons. The first-order chi connectivity index (χ1) is 13.1. The normalized spacial score (nSPS) is 20.8. The molecule has 1 amide bonds. The van der Waals surface area contributed by atoms with Gasteiger partial charge in [0.05, 0.1) is 0 Å². The lowest BCUT2D eigenvalue weighted by molar-refractivity contribution is -0.122. The summed E-state index contributed by atoms with van der Waals surface area (Å²) < 4.78 is 0. The molecule has 1 aromatic rings. The number of piperidine rings is 1. The molecule has 166 valence electrons. The van der Waals surface area contributed by atoms with Crippen molar-refractivity contribution in [3.63, 3.8) is 0 Å². The first-order valence-corrected chi connectivity index (χ1v) is 10.9. The molecule has 2 unspecified atom stereocenters. The monoisotopic (exact) mass is 443 g/mol. The van der Waals surface area contributed by atoms with Crippen LogP contribution in [-0.2, 0) is 4.79 Å². The molecule has 1 heterocycles. The van der Waals surface area contributed by atoms with Gasteiger partial charge in [-0.2, -0.15) is 0 Å². The molecule has 1 aliphatic heterocycles. The largest absolute Gasteiger partial charge is 0.354 e. The van der Waals surface area contributed by atoms with Gasteiger partial charge in [0.15, 0.2) is 0 Å². The fraction of sp³-hybridized carbons (Fsp3) is 0.696. The summed E-state index contributed by atoms with van der Waals surface area (Å²) in [6, 6.07) is 10.9. The quantitative estimate of drug-likeness (QED) is 0.548. The molecule has 0 aromatic heterocycles. The van der Waals surface area contributed by atoms with Gasteiger partial charge in [0.1, 0.15) is 0 Å². The maximum absolute atomic E-state index is 12.6. The third kappa shape index (κ3) is 7.75. The molecular weight excluding hydrogens is 405 g/mol. The van der Waals surface area contributed by atoms with Gasteiger partial charge < -0.3 is 16.0 Å². The number of benzene rings is 1. The van der Waals surface area contributed by atoms with Crippen LogP contribution in [0.5, 0.6) is 0 Å². The second-order valence-electron chi connectivity index (χ2n) is 8.81. The summed E-state index contributed by atoms with van der Waals surface area (Å²) in [7, 11) is 0. The van der Waals surface area contributed by atoms with Gasteiger partial charge in [0.2, 0.25) is 5.91 Å². The van der Waals surface area contributed by atoms with Crippen molar-refractivity contribution in [2.45, 2.75) is 70.4 Å². The highest BCUT2D eigenvalue weighted by atomic mass is 35.5. The molecule has 1 saturated heterocycles. The van der Waals surface area contributed by atoms with Crippen LogP contribution < -0.4 is 16.0 Å². The van der Waals surface area contributed by atoms with Crippen molar-refractivity contribution in [3.05, 3.63) is 35.9 Å². The third-order valence-corrected chi connectivity index (χ3v) is 6.70. The van der Waals surface area contributed by atoms with Crippen molar-refractivity contribution in [1.29, 1.82) is 0 Å². The lowest BCUT2D eigenvalue weighted by atomic mass is 9.84. The minimum atomic E-state index is 0. The van der Waals surface area contributed by atoms with Gasteiger partial charge in [-0.05, 0) is 63.1 Å². The molecule has 0 spiro atoms. The Kier molecular flexibility index (Phi) is 11.6. The molecule has 1 saturated carbocycles. The highest BCUT2D eigenvalue weighted by molar-refractivity contribution is 5.85. The molecule has 2 fully saturated rings. The summed E-state index contributed by atoms with van der Waals surface area (Å²) in [5, 5.41) is 10.5. The average molecular weight is 444 g/mol. The van der Waals surface area contributed by atoms with E-state index in [1.807, 2.05) is 0 Å². The van der Waals surface area contributed by atoms with E-state index < -0.39 is 0 Å². The van der Waals surface area contributed by atoms with E-state index in [1.54, 1.807) is 0 Å². The van der Waals surface area contributed by atoms with Gasteiger partial charge in [-0.3, -0.25) is 4.79 Å². The van der Waals surface area contributed by atoms with Crippen molar-refractivity contribution >= 4 is 30.7 Å². The summed E-state index contributed by atoms with van der Waals surface area (Å²) >= 11 is 0. The van der Waals surface area contributed by atoms with E-state index >= 15 is 0 Å². The van der Waals surface area contributed by atoms with E-state index in [-0.39, 0.29) is 36.3 Å². The van der Waals surface area contributed by atoms with Crippen LogP contribution >= 0.6 is 24.8 Å². The van der Waals surface area contributed by atoms with Crippen LogP contribution in [0, 0.1) is 11.8 Å². The van der Waals surface area contributed by atoms with E-state index in [9.17, 15) is 4.79 Å². The van der Waals surface area contributed by atoms with E-state index in [4.69, 9.17) is 0 Å². The highest BCUT2D eigenvalue weighted by Gasteiger charge is 2.35. The highest BCUT2D eigenvalue weighted by Crippen LogP contribution is 2.32. The molecule has 2 aliphatic rings.